The molecule has 0 aliphatic heterocycles. The van der Waals surface area contributed by atoms with Gasteiger partial charge in [0.1, 0.15) is 24.2 Å². The Kier molecular flexibility index (Phi) is 4.91. The van der Waals surface area contributed by atoms with Crippen molar-refractivity contribution < 1.29 is 27.9 Å². The summed E-state index contributed by atoms with van der Waals surface area (Å²) < 4.78 is 20.2. The summed E-state index contributed by atoms with van der Waals surface area (Å²) >= 11 is 0. The van der Waals surface area contributed by atoms with Gasteiger partial charge in [-0.15, -0.1) is 0 Å². The molecule has 1 atom stereocenters. The number of nitrogens with one attached hydrogen (secondary N) is 1. The molecule has 2 rings (SSSR count). The maximum Gasteiger partial charge on any atom is 0.408 e. The van der Waals surface area contributed by atoms with Crippen LogP contribution in [-0.4, -0.2) is 34.7 Å². The van der Waals surface area contributed by atoms with Gasteiger partial charge in [0.05, 0.1) is 7.11 Å². The maximum atomic E-state index is 11.7. The smallest absolute Gasteiger partial charge is 0.408 e. The van der Waals surface area contributed by atoms with Gasteiger partial charge in [-0.1, -0.05) is 0 Å². The van der Waals surface area contributed by atoms with Crippen molar-refractivity contribution in [3.63, 3.8) is 0 Å². The van der Waals surface area contributed by atoms with E-state index in [1.165, 1.54) is 13.4 Å². The molecule has 0 aliphatic carbocycles. The van der Waals surface area contributed by atoms with Gasteiger partial charge in [0, 0.05) is 0 Å². The Labute approximate surface area is 138 Å². The van der Waals surface area contributed by atoms with Gasteiger partial charge in [0.25, 0.3) is 0 Å². The number of carbonyl (C=O) groups is 2. The number of hydrogen-bond acceptors (Lipinski definition) is 8. The molecule has 0 saturated heterocycles. The first-order chi connectivity index (χ1) is 11.2. The van der Waals surface area contributed by atoms with E-state index in [0.29, 0.717) is 0 Å². The summed E-state index contributed by atoms with van der Waals surface area (Å²) in [7, 11) is 1.24. The van der Waals surface area contributed by atoms with Crippen LogP contribution in [0.5, 0.6) is 0 Å². The predicted molar refractivity (Wildman–Crippen MR) is 81.1 cm³/mol. The lowest BCUT2D eigenvalue weighted by Gasteiger charge is -2.20. The minimum absolute atomic E-state index is 0.0250. The minimum atomic E-state index is -0.617. The van der Waals surface area contributed by atoms with Crippen LogP contribution in [0.25, 0.3) is 11.6 Å². The number of ether oxygens (including phenoxy) is 2. The first-order valence-corrected chi connectivity index (χ1v) is 7.18. The zero-order chi connectivity index (χ0) is 17.9. The number of aromatic nitrogens is 2. The van der Waals surface area contributed by atoms with E-state index in [9.17, 15) is 9.59 Å². The first-order valence-electron chi connectivity index (χ1n) is 7.18. The molecule has 9 nitrogen and oxygen atoms in total. The van der Waals surface area contributed by atoms with Crippen molar-refractivity contribution >= 4 is 12.1 Å². The molecule has 1 unspecified atom stereocenters. The number of oxazole rings is 2. The summed E-state index contributed by atoms with van der Waals surface area (Å²) in [6.45, 7) is 6.99. The zero-order valence-electron chi connectivity index (χ0n) is 14.1. The highest BCUT2D eigenvalue weighted by atomic mass is 16.6. The molecule has 0 spiro atoms. The molecule has 0 radical (unpaired) electrons. The molecule has 2 aromatic rings. The van der Waals surface area contributed by atoms with Gasteiger partial charge >= 0.3 is 12.1 Å². The SMILES string of the molecule is COC(=O)c1coc(-c2coc(C(C)NC(=O)OC(C)(C)C)n2)n1. The van der Waals surface area contributed by atoms with E-state index >= 15 is 0 Å². The molecule has 1 N–H and O–H groups in total. The van der Waals surface area contributed by atoms with Gasteiger partial charge in [-0.25, -0.2) is 19.6 Å². The van der Waals surface area contributed by atoms with Crippen LogP contribution in [0, 0.1) is 0 Å². The Morgan fingerprint density at radius 3 is 2.54 bits per heavy atom. The van der Waals surface area contributed by atoms with E-state index in [0.717, 1.165) is 6.26 Å². The maximum absolute atomic E-state index is 11.7. The molecule has 1 amide bonds. The number of esters is 1. The molecular formula is C15H19N3O6. The molecular weight excluding hydrogens is 318 g/mol. The molecule has 2 heterocycles. The van der Waals surface area contributed by atoms with Crippen LogP contribution < -0.4 is 5.32 Å². The normalized spacial score (nSPS) is 12.5. The quantitative estimate of drug-likeness (QED) is 0.846. The monoisotopic (exact) mass is 337 g/mol. The standard InChI is InChI=1S/C15H19N3O6/c1-8(16-14(20)24-15(2,3)4)11-17-9(6-22-11)12-18-10(7-23-12)13(19)21-5/h6-8H,1-5H3,(H,16,20). The Morgan fingerprint density at radius 1 is 1.21 bits per heavy atom. The minimum Gasteiger partial charge on any atom is -0.464 e. The summed E-state index contributed by atoms with van der Waals surface area (Å²) in [4.78, 5) is 31.2. The van der Waals surface area contributed by atoms with E-state index in [2.05, 4.69) is 20.0 Å². The van der Waals surface area contributed by atoms with Gasteiger partial charge in [-0.05, 0) is 27.7 Å². The Morgan fingerprint density at radius 2 is 1.92 bits per heavy atom. The van der Waals surface area contributed by atoms with Crippen LogP contribution >= 0.6 is 0 Å². The van der Waals surface area contributed by atoms with Crippen LogP contribution in [0.2, 0.25) is 0 Å². The second-order valence-corrected chi connectivity index (χ2v) is 5.97. The fraction of sp³-hybridized carbons (Fsp3) is 0.467. The van der Waals surface area contributed by atoms with Crippen LogP contribution in [0.1, 0.15) is 50.1 Å². The van der Waals surface area contributed by atoms with Gasteiger partial charge in [0.15, 0.2) is 11.4 Å². The highest BCUT2D eigenvalue weighted by molar-refractivity contribution is 5.87. The third-order valence-corrected chi connectivity index (χ3v) is 2.74. The number of nitrogens with zero attached hydrogens (tertiary/aromatic N) is 2. The Hall–Kier alpha value is -2.84. The second-order valence-electron chi connectivity index (χ2n) is 5.97. The van der Waals surface area contributed by atoms with Crippen molar-refractivity contribution in [2.24, 2.45) is 0 Å². The summed E-state index contributed by atoms with van der Waals surface area (Å²) in [5.74, 6) is -0.266. The fourth-order valence-electron chi connectivity index (χ4n) is 1.72. The summed E-state index contributed by atoms with van der Waals surface area (Å²) in [6, 6.07) is -0.524. The summed E-state index contributed by atoms with van der Waals surface area (Å²) in [6.07, 6.45) is 1.90. The molecule has 2 aromatic heterocycles. The average Bonchev–Trinajstić information content (AvgIpc) is 3.13. The molecule has 0 aliphatic rings. The van der Waals surface area contributed by atoms with E-state index in [-0.39, 0.29) is 23.2 Å². The molecule has 0 saturated carbocycles. The molecule has 24 heavy (non-hydrogen) atoms. The van der Waals surface area contributed by atoms with Crippen molar-refractivity contribution in [3.8, 4) is 11.6 Å². The number of hydrogen-bond donors (Lipinski definition) is 1. The number of methoxy groups -OCH3 is 1. The lowest BCUT2D eigenvalue weighted by atomic mass is 10.2. The number of amides is 1. The van der Waals surface area contributed by atoms with Crippen molar-refractivity contribution in [3.05, 3.63) is 24.1 Å². The number of alkyl carbamates (subject to hydrolysis) is 1. The lowest BCUT2D eigenvalue weighted by molar-refractivity contribution is 0.0499. The van der Waals surface area contributed by atoms with Crippen molar-refractivity contribution in [1.82, 2.24) is 15.3 Å². The van der Waals surface area contributed by atoms with E-state index in [1.54, 1.807) is 27.7 Å². The van der Waals surface area contributed by atoms with Crippen LogP contribution in [-0.2, 0) is 9.47 Å². The van der Waals surface area contributed by atoms with Gasteiger partial charge in [0.2, 0.25) is 11.8 Å². The largest absolute Gasteiger partial charge is 0.464 e. The predicted octanol–water partition coefficient (Wildman–Crippen LogP) is 2.70. The topological polar surface area (TPSA) is 117 Å². The van der Waals surface area contributed by atoms with Crippen LogP contribution in [0.15, 0.2) is 21.4 Å². The van der Waals surface area contributed by atoms with Crippen molar-refractivity contribution in [1.29, 1.82) is 0 Å². The molecule has 130 valence electrons. The summed E-state index contributed by atoms with van der Waals surface area (Å²) in [5, 5.41) is 2.61. The third-order valence-electron chi connectivity index (χ3n) is 2.74. The molecule has 0 bridgehead atoms. The fourth-order valence-corrected chi connectivity index (χ4v) is 1.72. The van der Waals surface area contributed by atoms with Gasteiger partial charge < -0.3 is 23.6 Å². The van der Waals surface area contributed by atoms with E-state index in [4.69, 9.17) is 13.6 Å². The Bertz CT molecular complexity index is 728. The van der Waals surface area contributed by atoms with E-state index in [1.807, 2.05) is 0 Å². The number of rotatable bonds is 4. The molecule has 0 fully saturated rings. The van der Waals surface area contributed by atoms with E-state index < -0.39 is 23.7 Å². The van der Waals surface area contributed by atoms with Gasteiger partial charge in [-0.3, -0.25) is 0 Å². The van der Waals surface area contributed by atoms with Crippen molar-refractivity contribution in [2.75, 3.05) is 7.11 Å². The van der Waals surface area contributed by atoms with Crippen LogP contribution in [0.4, 0.5) is 4.79 Å². The highest BCUT2D eigenvalue weighted by Gasteiger charge is 2.22. The zero-order valence-corrected chi connectivity index (χ0v) is 14.1. The molecule has 0 aromatic carbocycles. The highest BCUT2D eigenvalue weighted by Crippen LogP contribution is 2.21. The van der Waals surface area contributed by atoms with Gasteiger partial charge in [-0.2, -0.15) is 0 Å². The molecule has 9 heteroatoms. The van der Waals surface area contributed by atoms with Crippen molar-refractivity contribution in [2.45, 2.75) is 39.3 Å². The Balaban J connectivity index is 2.06. The first kappa shape index (κ1) is 17.5. The summed E-state index contributed by atoms with van der Waals surface area (Å²) in [5.41, 5.74) is -0.288. The second kappa shape index (κ2) is 6.73. The average molecular weight is 337 g/mol. The van der Waals surface area contributed by atoms with Crippen LogP contribution in [0.3, 0.4) is 0 Å². The third kappa shape index (κ3) is 4.34. The number of carbonyl (C=O) groups excluding carboxylic acids is 2. The lowest BCUT2D eigenvalue weighted by Crippen LogP contribution is -2.34.